The van der Waals surface area contributed by atoms with Crippen molar-refractivity contribution in [2.45, 2.75) is 19.4 Å². The highest BCUT2D eigenvalue weighted by Crippen LogP contribution is 2.17. The van der Waals surface area contributed by atoms with Gasteiger partial charge in [-0.2, -0.15) is 0 Å². The number of halogens is 1. The molecule has 5 heteroatoms. The summed E-state index contributed by atoms with van der Waals surface area (Å²) in [6.07, 6.45) is 1.45. The number of rotatable bonds is 3. The summed E-state index contributed by atoms with van der Waals surface area (Å²) < 4.78 is 5.38. The van der Waals surface area contributed by atoms with E-state index < -0.39 is 5.54 Å². The van der Waals surface area contributed by atoms with E-state index in [1.54, 1.807) is 6.07 Å². The molecule has 14 heavy (non-hydrogen) atoms. The molecule has 0 spiro atoms. The number of nitrogens with two attached hydrogens (primary N) is 1. The summed E-state index contributed by atoms with van der Waals surface area (Å²) in [5.41, 5.74) is 5.80. The molecule has 4 nitrogen and oxygen atoms in total. The lowest BCUT2D eigenvalue weighted by Crippen LogP contribution is -2.45. The van der Waals surface area contributed by atoms with Gasteiger partial charge in [0, 0.05) is 12.1 Å². The molecule has 1 heterocycles. The highest BCUT2D eigenvalue weighted by Gasteiger charge is 2.16. The van der Waals surface area contributed by atoms with Gasteiger partial charge in [0.1, 0.15) is 0 Å². The van der Waals surface area contributed by atoms with Gasteiger partial charge >= 0.3 is 0 Å². The molecule has 3 N–H and O–H groups in total. The zero-order valence-corrected chi connectivity index (χ0v) is 9.72. The zero-order chi connectivity index (χ0) is 10.8. The van der Waals surface area contributed by atoms with Gasteiger partial charge in [-0.1, -0.05) is 0 Å². The average Bonchev–Trinajstić information content (AvgIpc) is 2.46. The van der Waals surface area contributed by atoms with Gasteiger partial charge in [0.2, 0.25) is 0 Å². The highest BCUT2D eigenvalue weighted by molar-refractivity contribution is 9.10. The molecule has 0 bridgehead atoms. The average molecular weight is 261 g/mol. The topological polar surface area (TPSA) is 68.3 Å². The van der Waals surface area contributed by atoms with Crippen LogP contribution in [0.1, 0.15) is 24.2 Å². The molecule has 0 fully saturated rings. The van der Waals surface area contributed by atoms with Crippen LogP contribution >= 0.6 is 15.9 Å². The van der Waals surface area contributed by atoms with Crippen LogP contribution in [0.5, 0.6) is 0 Å². The SMILES string of the molecule is CC(C)(N)CNC(=O)c1ccoc1Br. The molecule has 0 aliphatic heterocycles. The smallest absolute Gasteiger partial charge is 0.255 e. The van der Waals surface area contributed by atoms with Gasteiger partial charge in [-0.25, -0.2) is 0 Å². The van der Waals surface area contributed by atoms with Crippen LogP contribution < -0.4 is 11.1 Å². The molecule has 1 amide bonds. The van der Waals surface area contributed by atoms with E-state index in [-0.39, 0.29) is 5.91 Å². The van der Waals surface area contributed by atoms with E-state index >= 15 is 0 Å². The maximum Gasteiger partial charge on any atom is 0.255 e. The molecule has 0 saturated carbocycles. The number of amides is 1. The Morgan fingerprint density at radius 1 is 1.71 bits per heavy atom. The second kappa shape index (κ2) is 4.14. The number of furan rings is 1. The summed E-state index contributed by atoms with van der Waals surface area (Å²) in [4.78, 5) is 11.5. The normalized spacial score (nSPS) is 11.4. The van der Waals surface area contributed by atoms with Crippen molar-refractivity contribution in [1.82, 2.24) is 5.32 Å². The monoisotopic (exact) mass is 260 g/mol. The first kappa shape index (κ1) is 11.3. The van der Waals surface area contributed by atoms with Crippen LogP contribution in [-0.4, -0.2) is 18.0 Å². The summed E-state index contributed by atoms with van der Waals surface area (Å²) in [7, 11) is 0. The number of carbonyl (C=O) groups excluding carboxylic acids is 1. The van der Waals surface area contributed by atoms with Crippen molar-refractivity contribution in [1.29, 1.82) is 0 Å². The van der Waals surface area contributed by atoms with E-state index in [0.717, 1.165) is 0 Å². The van der Waals surface area contributed by atoms with Crippen LogP contribution in [0, 0.1) is 0 Å². The fraction of sp³-hybridized carbons (Fsp3) is 0.444. The van der Waals surface area contributed by atoms with E-state index in [4.69, 9.17) is 10.2 Å². The number of hydrogen-bond acceptors (Lipinski definition) is 3. The molecule has 0 unspecified atom stereocenters. The van der Waals surface area contributed by atoms with E-state index in [2.05, 4.69) is 21.2 Å². The molecule has 0 aromatic carbocycles. The lowest BCUT2D eigenvalue weighted by atomic mass is 10.1. The Balaban J connectivity index is 2.56. The largest absolute Gasteiger partial charge is 0.457 e. The van der Waals surface area contributed by atoms with Crippen molar-refractivity contribution in [3.63, 3.8) is 0 Å². The zero-order valence-electron chi connectivity index (χ0n) is 8.13. The molecule has 1 aromatic rings. The van der Waals surface area contributed by atoms with Crippen molar-refractivity contribution in [3.8, 4) is 0 Å². The van der Waals surface area contributed by atoms with Gasteiger partial charge in [0.15, 0.2) is 4.67 Å². The maximum atomic E-state index is 11.5. The van der Waals surface area contributed by atoms with Crippen LogP contribution in [-0.2, 0) is 0 Å². The lowest BCUT2D eigenvalue weighted by Gasteiger charge is -2.18. The minimum atomic E-state index is -0.411. The third kappa shape index (κ3) is 3.16. The van der Waals surface area contributed by atoms with Crippen molar-refractivity contribution < 1.29 is 9.21 Å². The second-order valence-electron chi connectivity index (χ2n) is 3.78. The van der Waals surface area contributed by atoms with Gasteiger partial charge in [-0.05, 0) is 35.8 Å². The number of nitrogens with one attached hydrogen (secondary N) is 1. The Morgan fingerprint density at radius 2 is 2.36 bits per heavy atom. The van der Waals surface area contributed by atoms with Crippen LogP contribution in [0.2, 0.25) is 0 Å². The Kier molecular flexibility index (Phi) is 3.34. The van der Waals surface area contributed by atoms with E-state index in [1.165, 1.54) is 6.26 Å². The Labute approximate surface area is 91.0 Å². The first-order valence-electron chi connectivity index (χ1n) is 4.20. The van der Waals surface area contributed by atoms with E-state index in [1.807, 2.05) is 13.8 Å². The first-order chi connectivity index (χ1) is 6.40. The lowest BCUT2D eigenvalue weighted by molar-refractivity contribution is 0.0944. The molecular weight excluding hydrogens is 248 g/mol. The van der Waals surface area contributed by atoms with E-state index in [9.17, 15) is 4.79 Å². The molecular formula is C9H13BrN2O2. The minimum absolute atomic E-state index is 0.191. The van der Waals surface area contributed by atoms with Crippen LogP contribution in [0.4, 0.5) is 0 Å². The molecule has 78 valence electrons. The number of hydrogen-bond donors (Lipinski definition) is 2. The van der Waals surface area contributed by atoms with Crippen LogP contribution in [0.15, 0.2) is 21.4 Å². The second-order valence-corrected chi connectivity index (χ2v) is 4.50. The third-order valence-electron chi connectivity index (χ3n) is 1.57. The predicted molar refractivity (Wildman–Crippen MR) is 57.0 cm³/mol. The van der Waals surface area contributed by atoms with Gasteiger partial charge in [0.25, 0.3) is 5.91 Å². The maximum absolute atomic E-state index is 11.5. The Hall–Kier alpha value is -0.810. The summed E-state index contributed by atoms with van der Waals surface area (Å²) in [6, 6.07) is 1.60. The predicted octanol–water partition coefficient (Wildman–Crippen LogP) is 1.51. The summed E-state index contributed by atoms with van der Waals surface area (Å²) >= 11 is 3.13. The summed E-state index contributed by atoms with van der Waals surface area (Å²) in [6.45, 7) is 4.11. The van der Waals surface area contributed by atoms with Gasteiger partial charge < -0.3 is 15.5 Å². The molecule has 0 aliphatic carbocycles. The molecule has 0 atom stereocenters. The summed E-state index contributed by atoms with van der Waals surface area (Å²) in [5, 5.41) is 2.71. The van der Waals surface area contributed by atoms with Crippen molar-refractivity contribution in [2.24, 2.45) is 5.73 Å². The fourth-order valence-electron chi connectivity index (χ4n) is 0.859. The van der Waals surface area contributed by atoms with Gasteiger partial charge in [-0.15, -0.1) is 0 Å². The van der Waals surface area contributed by atoms with Gasteiger partial charge in [0.05, 0.1) is 11.8 Å². The van der Waals surface area contributed by atoms with Gasteiger partial charge in [-0.3, -0.25) is 4.79 Å². The molecule has 1 aromatic heterocycles. The van der Waals surface area contributed by atoms with Crippen molar-refractivity contribution >= 4 is 21.8 Å². The minimum Gasteiger partial charge on any atom is -0.457 e. The van der Waals surface area contributed by atoms with Crippen LogP contribution in [0.25, 0.3) is 0 Å². The molecule has 0 aliphatic rings. The highest BCUT2D eigenvalue weighted by atomic mass is 79.9. The third-order valence-corrected chi connectivity index (χ3v) is 2.18. The fourth-order valence-corrected chi connectivity index (χ4v) is 1.28. The first-order valence-corrected chi connectivity index (χ1v) is 4.99. The molecule has 1 rings (SSSR count). The molecule has 0 saturated heterocycles. The standard InChI is InChI=1S/C9H13BrN2O2/c1-9(2,11)5-12-8(13)6-3-4-14-7(6)10/h3-4H,5,11H2,1-2H3,(H,12,13). The Morgan fingerprint density at radius 3 is 2.79 bits per heavy atom. The van der Waals surface area contributed by atoms with E-state index in [0.29, 0.717) is 16.8 Å². The Bertz CT molecular complexity index is 328. The quantitative estimate of drug-likeness (QED) is 0.866. The molecule has 0 radical (unpaired) electrons. The number of carbonyl (C=O) groups is 1. The van der Waals surface area contributed by atoms with Crippen molar-refractivity contribution in [2.75, 3.05) is 6.54 Å². The van der Waals surface area contributed by atoms with Crippen molar-refractivity contribution in [3.05, 3.63) is 22.6 Å². The summed E-state index contributed by atoms with van der Waals surface area (Å²) in [5.74, 6) is -0.191. The van der Waals surface area contributed by atoms with Crippen LogP contribution in [0.3, 0.4) is 0 Å².